The first kappa shape index (κ1) is 12.7. The molecule has 1 aromatic heterocycles. The molecule has 1 aliphatic rings. The van der Waals surface area contributed by atoms with E-state index in [4.69, 9.17) is 15.7 Å². The number of methoxy groups -OCH3 is 1. The number of hydrogen-bond donors (Lipinski definition) is 1. The summed E-state index contributed by atoms with van der Waals surface area (Å²) >= 11 is 0. The Bertz CT molecular complexity index is 427. The Morgan fingerprint density at radius 2 is 2.39 bits per heavy atom. The number of nitrogens with zero attached hydrogens (tertiary/aromatic N) is 4. The van der Waals surface area contributed by atoms with Gasteiger partial charge in [0.1, 0.15) is 11.9 Å². The summed E-state index contributed by atoms with van der Waals surface area (Å²) in [7, 11) is 1.73. The lowest BCUT2D eigenvalue weighted by molar-refractivity contribution is 0.0708. The maximum Gasteiger partial charge on any atom is 0.158 e. The van der Waals surface area contributed by atoms with Crippen molar-refractivity contribution >= 4 is 5.82 Å². The molecule has 1 fully saturated rings. The lowest BCUT2D eigenvalue weighted by Crippen LogP contribution is -2.49. The van der Waals surface area contributed by atoms with Crippen molar-refractivity contribution in [2.24, 2.45) is 5.73 Å². The molecule has 0 aliphatic carbocycles. The van der Waals surface area contributed by atoms with Crippen LogP contribution in [0.5, 0.6) is 0 Å². The Morgan fingerprint density at radius 3 is 2.94 bits per heavy atom. The van der Waals surface area contributed by atoms with Crippen LogP contribution in [0.2, 0.25) is 0 Å². The zero-order valence-electron chi connectivity index (χ0n) is 10.4. The minimum Gasteiger partial charge on any atom is -0.381 e. The standard InChI is InChI=1S/C12H17N5O/c1-18-11-2-3-17(10(4-11)6-14)12-8-15-9(5-13)7-16-12/h7-8,10-11H,2-4,6,14H2,1H3. The Balaban J connectivity index is 2.13. The van der Waals surface area contributed by atoms with Gasteiger partial charge in [-0.3, -0.25) is 0 Å². The highest BCUT2D eigenvalue weighted by Crippen LogP contribution is 2.23. The van der Waals surface area contributed by atoms with E-state index in [0.717, 1.165) is 25.2 Å². The minimum atomic E-state index is 0.214. The van der Waals surface area contributed by atoms with Crippen LogP contribution in [0.1, 0.15) is 18.5 Å². The van der Waals surface area contributed by atoms with Gasteiger partial charge < -0.3 is 15.4 Å². The molecule has 6 nitrogen and oxygen atoms in total. The summed E-state index contributed by atoms with van der Waals surface area (Å²) in [4.78, 5) is 10.5. The molecular weight excluding hydrogens is 230 g/mol. The molecule has 1 saturated heterocycles. The number of rotatable bonds is 3. The van der Waals surface area contributed by atoms with E-state index in [-0.39, 0.29) is 12.1 Å². The van der Waals surface area contributed by atoms with Gasteiger partial charge in [-0.25, -0.2) is 9.97 Å². The zero-order chi connectivity index (χ0) is 13.0. The molecule has 0 radical (unpaired) electrons. The Labute approximate surface area is 106 Å². The summed E-state index contributed by atoms with van der Waals surface area (Å²) in [6, 6.07) is 2.18. The van der Waals surface area contributed by atoms with Crippen LogP contribution >= 0.6 is 0 Å². The van der Waals surface area contributed by atoms with Gasteiger partial charge in [0.15, 0.2) is 5.69 Å². The summed E-state index contributed by atoms with van der Waals surface area (Å²) in [6.45, 7) is 1.41. The predicted octanol–water partition coefficient (Wildman–Crippen LogP) is 0.291. The summed E-state index contributed by atoms with van der Waals surface area (Å²) in [5, 5.41) is 8.70. The normalized spacial score (nSPS) is 23.7. The van der Waals surface area contributed by atoms with Gasteiger partial charge in [-0.05, 0) is 12.8 Å². The van der Waals surface area contributed by atoms with Crippen molar-refractivity contribution in [1.29, 1.82) is 5.26 Å². The minimum absolute atomic E-state index is 0.214. The highest BCUT2D eigenvalue weighted by Gasteiger charge is 2.28. The molecule has 1 aliphatic heterocycles. The highest BCUT2D eigenvalue weighted by molar-refractivity contribution is 5.39. The number of anilines is 1. The molecule has 2 rings (SSSR count). The van der Waals surface area contributed by atoms with Crippen LogP contribution in [0.3, 0.4) is 0 Å². The van der Waals surface area contributed by atoms with Crippen LogP contribution in [0.4, 0.5) is 5.82 Å². The Morgan fingerprint density at radius 1 is 1.56 bits per heavy atom. The van der Waals surface area contributed by atoms with E-state index >= 15 is 0 Å². The largest absolute Gasteiger partial charge is 0.381 e. The van der Waals surface area contributed by atoms with Crippen LogP contribution in [0.15, 0.2) is 12.4 Å². The van der Waals surface area contributed by atoms with Gasteiger partial charge in [0.25, 0.3) is 0 Å². The molecule has 18 heavy (non-hydrogen) atoms. The molecule has 2 atom stereocenters. The fourth-order valence-corrected chi connectivity index (χ4v) is 2.28. The SMILES string of the molecule is COC1CCN(c2cnc(C#N)cn2)C(CN)C1. The monoisotopic (exact) mass is 247 g/mol. The van der Waals surface area contributed by atoms with Gasteiger partial charge in [0, 0.05) is 26.2 Å². The molecule has 0 saturated carbocycles. The quantitative estimate of drug-likeness (QED) is 0.826. The summed E-state index contributed by atoms with van der Waals surface area (Å²) in [5.74, 6) is 0.777. The average Bonchev–Trinajstić information content (AvgIpc) is 2.46. The summed E-state index contributed by atoms with van der Waals surface area (Å²) in [6.07, 6.45) is 5.24. The van der Waals surface area contributed by atoms with Crippen molar-refractivity contribution in [2.45, 2.75) is 25.0 Å². The van der Waals surface area contributed by atoms with Crippen LogP contribution in [0, 0.1) is 11.3 Å². The van der Waals surface area contributed by atoms with E-state index in [1.54, 1.807) is 13.3 Å². The first-order chi connectivity index (χ1) is 8.78. The summed E-state index contributed by atoms with van der Waals surface area (Å²) < 4.78 is 5.38. The van der Waals surface area contributed by atoms with Crippen LogP contribution < -0.4 is 10.6 Å². The highest BCUT2D eigenvalue weighted by atomic mass is 16.5. The molecule has 96 valence electrons. The number of ether oxygens (including phenoxy) is 1. The summed E-state index contributed by atoms with van der Waals surface area (Å²) in [5.41, 5.74) is 6.13. The van der Waals surface area contributed by atoms with Crippen LogP contribution in [-0.4, -0.2) is 42.3 Å². The van der Waals surface area contributed by atoms with E-state index in [1.165, 1.54) is 6.20 Å². The smallest absolute Gasteiger partial charge is 0.158 e. The maximum atomic E-state index is 8.70. The van der Waals surface area contributed by atoms with Gasteiger partial charge in [-0.2, -0.15) is 5.26 Å². The molecule has 0 aromatic carbocycles. The average molecular weight is 247 g/mol. The van der Waals surface area contributed by atoms with Crippen molar-refractivity contribution in [2.75, 3.05) is 25.1 Å². The van der Waals surface area contributed by atoms with Crippen LogP contribution in [0.25, 0.3) is 0 Å². The molecule has 0 bridgehead atoms. The molecule has 1 aromatic rings. The lowest BCUT2D eigenvalue weighted by atomic mass is 9.99. The van der Waals surface area contributed by atoms with E-state index in [9.17, 15) is 0 Å². The second-order valence-corrected chi connectivity index (χ2v) is 4.34. The maximum absolute atomic E-state index is 8.70. The molecule has 0 spiro atoms. The lowest BCUT2D eigenvalue weighted by Gasteiger charge is -2.39. The van der Waals surface area contributed by atoms with Crippen molar-refractivity contribution in [3.05, 3.63) is 18.1 Å². The second-order valence-electron chi connectivity index (χ2n) is 4.34. The molecule has 2 unspecified atom stereocenters. The Kier molecular flexibility index (Phi) is 4.07. The number of nitrogens with two attached hydrogens (primary N) is 1. The van der Waals surface area contributed by atoms with E-state index in [1.807, 2.05) is 6.07 Å². The molecular formula is C12H17N5O. The topological polar surface area (TPSA) is 88.1 Å². The number of aromatic nitrogens is 2. The van der Waals surface area contributed by atoms with E-state index in [0.29, 0.717) is 12.2 Å². The molecule has 0 amide bonds. The number of nitriles is 1. The zero-order valence-corrected chi connectivity index (χ0v) is 10.4. The molecule has 2 heterocycles. The van der Waals surface area contributed by atoms with Crippen molar-refractivity contribution in [1.82, 2.24) is 9.97 Å². The van der Waals surface area contributed by atoms with Gasteiger partial charge in [-0.1, -0.05) is 0 Å². The van der Waals surface area contributed by atoms with Crippen molar-refractivity contribution < 1.29 is 4.74 Å². The Hall–Kier alpha value is -1.71. The number of piperidine rings is 1. The van der Waals surface area contributed by atoms with Gasteiger partial charge in [-0.15, -0.1) is 0 Å². The fourth-order valence-electron chi connectivity index (χ4n) is 2.28. The van der Waals surface area contributed by atoms with Gasteiger partial charge in [0.2, 0.25) is 0 Å². The van der Waals surface area contributed by atoms with E-state index < -0.39 is 0 Å². The first-order valence-corrected chi connectivity index (χ1v) is 6.00. The van der Waals surface area contributed by atoms with Crippen molar-refractivity contribution in [3.8, 4) is 6.07 Å². The third-order valence-electron chi connectivity index (χ3n) is 3.32. The second kappa shape index (κ2) is 5.76. The fraction of sp³-hybridized carbons (Fsp3) is 0.583. The third kappa shape index (κ3) is 2.58. The van der Waals surface area contributed by atoms with Crippen molar-refractivity contribution in [3.63, 3.8) is 0 Å². The molecule has 6 heteroatoms. The first-order valence-electron chi connectivity index (χ1n) is 6.00. The molecule has 2 N–H and O–H groups in total. The van der Waals surface area contributed by atoms with Gasteiger partial charge in [0.05, 0.1) is 18.5 Å². The van der Waals surface area contributed by atoms with Gasteiger partial charge >= 0.3 is 0 Å². The van der Waals surface area contributed by atoms with Crippen LogP contribution in [-0.2, 0) is 4.74 Å². The van der Waals surface area contributed by atoms with E-state index in [2.05, 4.69) is 14.9 Å². The number of hydrogen-bond acceptors (Lipinski definition) is 6. The predicted molar refractivity (Wildman–Crippen MR) is 67.0 cm³/mol. The third-order valence-corrected chi connectivity index (χ3v) is 3.32.